The van der Waals surface area contributed by atoms with Crippen molar-refractivity contribution >= 4 is 28.2 Å². The number of ether oxygens (including phenoxy) is 2. The van der Waals surface area contributed by atoms with Gasteiger partial charge in [0.15, 0.2) is 11.5 Å². The Bertz CT molecular complexity index is 1010. The molecule has 31 heavy (non-hydrogen) atoms. The van der Waals surface area contributed by atoms with E-state index in [4.69, 9.17) is 15.2 Å². The third kappa shape index (κ3) is 4.26. The molecule has 0 atom stereocenters. The molecule has 1 aromatic carbocycles. The highest BCUT2D eigenvalue weighted by Crippen LogP contribution is 2.38. The summed E-state index contributed by atoms with van der Waals surface area (Å²) in [5, 5.41) is 3.56. The first-order valence-corrected chi connectivity index (χ1v) is 11.5. The number of rotatable bonds is 6. The molecule has 1 aliphatic carbocycles. The SMILES string of the molecule is NC(=O)c1c(NC(=O)CN2CCN(Cc3ccc4c(c3)OCO4)CC2)sc2c1CCC2. The zero-order chi connectivity index (χ0) is 21.4. The molecule has 2 aromatic rings. The molecule has 0 saturated carbocycles. The molecule has 0 radical (unpaired) electrons. The average molecular weight is 443 g/mol. The average Bonchev–Trinajstić information content (AvgIpc) is 3.44. The summed E-state index contributed by atoms with van der Waals surface area (Å²) in [5.41, 5.74) is 8.33. The first-order chi connectivity index (χ1) is 15.1. The number of benzene rings is 1. The third-order valence-corrected chi connectivity index (χ3v) is 7.30. The van der Waals surface area contributed by atoms with Gasteiger partial charge in [0.1, 0.15) is 5.00 Å². The van der Waals surface area contributed by atoms with Crippen molar-refractivity contribution < 1.29 is 19.1 Å². The molecule has 1 fully saturated rings. The van der Waals surface area contributed by atoms with Crippen LogP contribution in [-0.4, -0.2) is 61.1 Å². The van der Waals surface area contributed by atoms with E-state index < -0.39 is 5.91 Å². The van der Waals surface area contributed by atoms with E-state index in [1.165, 1.54) is 21.8 Å². The number of piperazine rings is 1. The first kappa shape index (κ1) is 20.3. The quantitative estimate of drug-likeness (QED) is 0.708. The summed E-state index contributed by atoms with van der Waals surface area (Å²) in [5.74, 6) is 1.07. The van der Waals surface area contributed by atoms with Crippen molar-refractivity contribution in [1.29, 1.82) is 0 Å². The number of aryl methyl sites for hydroxylation is 1. The number of nitrogens with zero attached hydrogens (tertiary/aromatic N) is 2. The number of hydrogen-bond donors (Lipinski definition) is 2. The van der Waals surface area contributed by atoms with Gasteiger partial charge >= 0.3 is 0 Å². The second-order valence-electron chi connectivity index (χ2n) is 8.21. The van der Waals surface area contributed by atoms with E-state index in [0.29, 0.717) is 17.1 Å². The zero-order valence-electron chi connectivity index (χ0n) is 17.3. The van der Waals surface area contributed by atoms with Crippen LogP contribution in [-0.2, 0) is 24.2 Å². The number of nitrogens with two attached hydrogens (primary N) is 1. The van der Waals surface area contributed by atoms with E-state index in [9.17, 15) is 9.59 Å². The minimum Gasteiger partial charge on any atom is -0.454 e. The Balaban J connectivity index is 1.13. The Morgan fingerprint density at radius 2 is 1.84 bits per heavy atom. The predicted octanol–water partition coefficient (Wildman–Crippen LogP) is 1.82. The molecule has 0 spiro atoms. The van der Waals surface area contributed by atoms with Gasteiger partial charge in [0.05, 0.1) is 12.1 Å². The lowest BCUT2D eigenvalue weighted by atomic mass is 10.1. The van der Waals surface area contributed by atoms with E-state index in [0.717, 1.165) is 69.0 Å². The molecule has 1 saturated heterocycles. The van der Waals surface area contributed by atoms with Crippen LogP contribution in [0.4, 0.5) is 5.00 Å². The molecule has 1 aromatic heterocycles. The monoisotopic (exact) mass is 442 g/mol. The Labute approximate surface area is 184 Å². The van der Waals surface area contributed by atoms with E-state index >= 15 is 0 Å². The number of amides is 2. The van der Waals surface area contributed by atoms with Crippen LogP contribution in [0.25, 0.3) is 0 Å². The maximum absolute atomic E-state index is 12.6. The molecule has 164 valence electrons. The van der Waals surface area contributed by atoms with Crippen molar-refractivity contribution in [1.82, 2.24) is 9.80 Å². The Morgan fingerprint density at radius 3 is 2.65 bits per heavy atom. The minimum absolute atomic E-state index is 0.0911. The molecule has 5 rings (SSSR count). The fourth-order valence-electron chi connectivity index (χ4n) is 4.53. The summed E-state index contributed by atoms with van der Waals surface area (Å²) in [7, 11) is 0. The fourth-order valence-corrected chi connectivity index (χ4v) is 5.84. The predicted molar refractivity (Wildman–Crippen MR) is 118 cm³/mol. The third-order valence-electron chi connectivity index (χ3n) is 6.10. The van der Waals surface area contributed by atoms with Crippen LogP contribution < -0.4 is 20.5 Å². The Hall–Kier alpha value is -2.62. The van der Waals surface area contributed by atoms with Crippen molar-refractivity contribution in [3.05, 3.63) is 39.8 Å². The summed E-state index contributed by atoms with van der Waals surface area (Å²) in [6, 6.07) is 6.07. The second kappa shape index (κ2) is 8.49. The summed E-state index contributed by atoms with van der Waals surface area (Å²) in [6.45, 7) is 4.87. The van der Waals surface area contributed by atoms with Gasteiger partial charge in [-0.25, -0.2) is 0 Å². The standard InChI is InChI=1S/C22H26N4O4S/c23-21(28)20-15-2-1-3-18(15)31-22(20)24-19(27)12-26-8-6-25(7-9-26)11-14-4-5-16-17(10-14)30-13-29-16/h4-5,10H,1-3,6-9,11-13H2,(H2,23,28)(H,24,27). The molecule has 0 bridgehead atoms. The van der Waals surface area contributed by atoms with Gasteiger partial charge in [-0.15, -0.1) is 11.3 Å². The largest absolute Gasteiger partial charge is 0.454 e. The molecule has 2 aliphatic heterocycles. The van der Waals surface area contributed by atoms with Crippen LogP contribution in [0.3, 0.4) is 0 Å². The van der Waals surface area contributed by atoms with Gasteiger partial charge in [-0.3, -0.25) is 19.4 Å². The smallest absolute Gasteiger partial charge is 0.251 e. The molecular weight excluding hydrogens is 416 g/mol. The van der Waals surface area contributed by atoms with Crippen LogP contribution >= 0.6 is 11.3 Å². The number of fused-ring (bicyclic) bond motifs is 2. The highest BCUT2D eigenvalue weighted by molar-refractivity contribution is 7.17. The Kier molecular flexibility index (Phi) is 5.56. The van der Waals surface area contributed by atoms with Gasteiger partial charge in [0, 0.05) is 37.6 Å². The van der Waals surface area contributed by atoms with Crippen LogP contribution in [0.15, 0.2) is 18.2 Å². The minimum atomic E-state index is -0.452. The zero-order valence-corrected chi connectivity index (χ0v) is 18.1. The number of thiophene rings is 1. The number of primary amides is 1. The number of carbonyl (C=O) groups is 2. The van der Waals surface area contributed by atoms with Crippen molar-refractivity contribution in [2.24, 2.45) is 5.73 Å². The molecular formula is C22H26N4O4S. The molecule has 3 aliphatic rings. The second-order valence-corrected chi connectivity index (χ2v) is 9.32. The van der Waals surface area contributed by atoms with Crippen molar-refractivity contribution in [3.63, 3.8) is 0 Å². The van der Waals surface area contributed by atoms with Crippen LogP contribution in [0.1, 0.15) is 32.8 Å². The number of carbonyl (C=O) groups excluding carboxylic acids is 2. The lowest BCUT2D eigenvalue weighted by Gasteiger charge is -2.34. The molecule has 8 nitrogen and oxygen atoms in total. The molecule has 2 amide bonds. The van der Waals surface area contributed by atoms with E-state index in [1.807, 2.05) is 12.1 Å². The highest BCUT2D eigenvalue weighted by atomic mass is 32.1. The van der Waals surface area contributed by atoms with Crippen LogP contribution in [0.2, 0.25) is 0 Å². The van der Waals surface area contributed by atoms with Crippen molar-refractivity contribution in [3.8, 4) is 11.5 Å². The van der Waals surface area contributed by atoms with Gasteiger partial charge in [-0.1, -0.05) is 6.07 Å². The van der Waals surface area contributed by atoms with E-state index in [1.54, 1.807) is 0 Å². The number of nitrogens with one attached hydrogen (secondary N) is 1. The molecule has 3 heterocycles. The Morgan fingerprint density at radius 1 is 1.06 bits per heavy atom. The van der Waals surface area contributed by atoms with Crippen molar-refractivity contribution in [2.45, 2.75) is 25.8 Å². The first-order valence-electron chi connectivity index (χ1n) is 10.6. The summed E-state index contributed by atoms with van der Waals surface area (Å²) < 4.78 is 10.8. The van der Waals surface area contributed by atoms with Crippen LogP contribution in [0, 0.1) is 0 Å². The van der Waals surface area contributed by atoms with Gasteiger partial charge in [0.2, 0.25) is 12.7 Å². The lowest BCUT2D eigenvalue weighted by Crippen LogP contribution is -2.48. The summed E-state index contributed by atoms with van der Waals surface area (Å²) in [6.07, 6.45) is 2.87. The van der Waals surface area contributed by atoms with Crippen LogP contribution in [0.5, 0.6) is 11.5 Å². The van der Waals surface area contributed by atoms with Gasteiger partial charge in [-0.2, -0.15) is 0 Å². The normalized spacial score (nSPS) is 18.2. The summed E-state index contributed by atoms with van der Waals surface area (Å²) >= 11 is 1.50. The topological polar surface area (TPSA) is 97.1 Å². The maximum Gasteiger partial charge on any atom is 0.251 e. The molecule has 3 N–H and O–H groups in total. The highest BCUT2D eigenvalue weighted by Gasteiger charge is 2.27. The van der Waals surface area contributed by atoms with Crippen molar-refractivity contribution in [2.75, 3.05) is 44.8 Å². The lowest BCUT2D eigenvalue weighted by molar-refractivity contribution is -0.117. The number of hydrogen-bond acceptors (Lipinski definition) is 7. The molecule has 9 heteroatoms. The summed E-state index contributed by atoms with van der Waals surface area (Å²) in [4.78, 5) is 30.2. The van der Waals surface area contributed by atoms with E-state index in [-0.39, 0.29) is 12.7 Å². The van der Waals surface area contributed by atoms with Gasteiger partial charge in [0.25, 0.3) is 5.91 Å². The maximum atomic E-state index is 12.6. The fraction of sp³-hybridized carbons (Fsp3) is 0.455. The van der Waals surface area contributed by atoms with E-state index in [2.05, 4.69) is 21.2 Å². The number of anilines is 1. The van der Waals surface area contributed by atoms with Gasteiger partial charge < -0.3 is 20.5 Å². The van der Waals surface area contributed by atoms with Gasteiger partial charge in [-0.05, 0) is 42.5 Å². The molecule has 0 unspecified atom stereocenters.